The van der Waals surface area contributed by atoms with Crippen molar-refractivity contribution in [3.8, 4) is 6.07 Å². The Morgan fingerprint density at radius 3 is 2.07 bits per heavy atom. The lowest BCUT2D eigenvalue weighted by atomic mass is 9.75. The van der Waals surface area contributed by atoms with E-state index in [0.717, 1.165) is 22.4 Å². The van der Waals surface area contributed by atoms with Gasteiger partial charge in [0.15, 0.2) is 0 Å². The van der Waals surface area contributed by atoms with E-state index in [1.165, 1.54) is 0 Å². The van der Waals surface area contributed by atoms with E-state index in [9.17, 15) is 5.26 Å². The lowest BCUT2D eigenvalue weighted by Crippen LogP contribution is -2.18. The van der Waals surface area contributed by atoms with Gasteiger partial charge in [-0.2, -0.15) is 5.26 Å². The van der Waals surface area contributed by atoms with Crippen LogP contribution in [0.2, 0.25) is 0 Å². The van der Waals surface area contributed by atoms with Crippen molar-refractivity contribution in [3.63, 3.8) is 0 Å². The molecule has 4 rings (SSSR count). The molecule has 0 saturated carbocycles. The lowest BCUT2D eigenvalue weighted by Gasteiger charge is -2.28. The highest BCUT2D eigenvalue weighted by molar-refractivity contribution is 5.48. The third kappa shape index (κ3) is 3.80. The summed E-state index contributed by atoms with van der Waals surface area (Å²) in [5, 5.41) is 9.76. The molecular weight excluding hydrogens is 360 g/mol. The molecule has 4 aromatic rings. The van der Waals surface area contributed by atoms with Crippen LogP contribution in [0.15, 0.2) is 85.6 Å². The van der Waals surface area contributed by atoms with Crippen LogP contribution in [0.1, 0.15) is 39.8 Å². The fourth-order valence-electron chi connectivity index (χ4n) is 3.64. The second-order valence-electron chi connectivity index (χ2n) is 6.57. The molecule has 3 aromatic heterocycles. The molecule has 29 heavy (non-hydrogen) atoms. The molecule has 0 aliphatic heterocycles. The van der Waals surface area contributed by atoms with Crippen LogP contribution in [0.3, 0.4) is 0 Å². The SMILES string of the molecule is N#Cc1ccccc1C(c1ccnc(N)n1)C(c1cccnc1)c1cccnc1. The molecule has 1 aromatic carbocycles. The molecule has 0 bridgehead atoms. The van der Waals surface area contributed by atoms with Gasteiger partial charge in [-0.1, -0.05) is 30.3 Å². The van der Waals surface area contributed by atoms with Crippen LogP contribution in [-0.2, 0) is 0 Å². The molecule has 1 unspecified atom stereocenters. The van der Waals surface area contributed by atoms with Crippen LogP contribution in [0.4, 0.5) is 5.95 Å². The predicted molar refractivity (Wildman–Crippen MR) is 110 cm³/mol. The number of anilines is 1. The molecule has 0 spiro atoms. The zero-order valence-electron chi connectivity index (χ0n) is 15.6. The largest absolute Gasteiger partial charge is 0.368 e. The molecule has 2 N–H and O–H groups in total. The number of pyridine rings is 2. The van der Waals surface area contributed by atoms with E-state index in [-0.39, 0.29) is 17.8 Å². The van der Waals surface area contributed by atoms with Crippen molar-refractivity contribution >= 4 is 5.95 Å². The van der Waals surface area contributed by atoms with Crippen molar-refractivity contribution in [2.45, 2.75) is 11.8 Å². The lowest BCUT2D eigenvalue weighted by molar-refractivity contribution is 0.667. The van der Waals surface area contributed by atoms with Gasteiger partial charge in [0.05, 0.1) is 17.3 Å². The topological polar surface area (TPSA) is 101 Å². The standard InChI is InChI=1S/C23H18N6/c24-13-16-5-1-2-8-19(16)22(20-9-12-28-23(25)29-20)21(17-6-3-10-26-14-17)18-7-4-11-27-15-18/h1-12,14-15,21-22H,(H2,25,28,29). The van der Waals surface area contributed by atoms with Gasteiger partial charge in [-0.25, -0.2) is 9.97 Å². The first-order valence-corrected chi connectivity index (χ1v) is 9.15. The summed E-state index contributed by atoms with van der Waals surface area (Å²) in [5.74, 6) is -0.246. The van der Waals surface area contributed by atoms with Gasteiger partial charge in [0.1, 0.15) is 0 Å². The average Bonchev–Trinajstić information content (AvgIpc) is 2.78. The maximum Gasteiger partial charge on any atom is 0.220 e. The molecule has 6 nitrogen and oxygen atoms in total. The number of hydrogen-bond donors (Lipinski definition) is 1. The molecule has 3 heterocycles. The molecule has 1 atom stereocenters. The number of nitrogens with two attached hydrogens (primary N) is 1. The normalized spacial score (nSPS) is 11.7. The summed E-state index contributed by atoms with van der Waals surface area (Å²) >= 11 is 0. The summed E-state index contributed by atoms with van der Waals surface area (Å²) < 4.78 is 0. The number of hydrogen-bond acceptors (Lipinski definition) is 6. The van der Waals surface area contributed by atoms with E-state index >= 15 is 0 Å². The number of rotatable bonds is 5. The van der Waals surface area contributed by atoms with Crippen LogP contribution in [0, 0.1) is 11.3 Å². The first-order valence-electron chi connectivity index (χ1n) is 9.15. The zero-order chi connectivity index (χ0) is 20.1. The Labute approximate surface area is 168 Å². The van der Waals surface area contributed by atoms with E-state index in [4.69, 9.17) is 5.73 Å². The van der Waals surface area contributed by atoms with Gasteiger partial charge >= 0.3 is 0 Å². The minimum absolute atomic E-state index is 0.166. The van der Waals surface area contributed by atoms with Crippen molar-refractivity contribution in [2.75, 3.05) is 5.73 Å². The van der Waals surface area contributed by atoms with Crippen LogP contribution < -0.4 is 5.73 Å². The Bertz CT molecular complexity index is 1100. The van der Waals surface area contributed by atoms with Crippen molar-refractivity contribution in [3.05, 3.63) is 114 Å². The highest BCUT2D eigenvalue weighted by Gasteiger charge is 2.31. The maximum atomic E-state index is 9.76. The second kappa shape index (κ2) is 8.28. The Morgan fingerprint density at radius 1 is 0.793 bits per heavy atom. The molecular formula is C23H18N6. The highest BCUT2D eigenvalue weighted by atomic mass is 15.0. The predicted octanol–water partition coefficient (Wildman–Crippen LogP) is 3.68. The number of nitrogen functional groups attached to an aromatic ring is 1. The van der Waals surface area contributed by atoms with Gasteiger partial charge in [0.25, 0.3) is 0 Å². The Kier molecular flexibility index (Phi) is 5.21. The maximum absolute atomic E-state index is 9.76. The first-order chi connectivity index (χ1) is 14.3. The smallest absolute Gasteiger partial charge is 0.220 e. The summed E-state index contributed by atoms with van der Waals surface area (Å²) in [4.78, 5) is 17.2. The molecule has 0 saturated heterocycles. The number of benzene rings is 1. The van der Waals surface area contributed by atoms with Crippen molar-refractivity contribution in [1.29, 1.82) is 5.26 Å². The van der Waals surface area contributed by atoms with Gasteiger partial charge in [-0.3, -0.25) is 9.97 Å². The number of aromatic nitrogens is 4. The van der Waals surface area contributed by atoms with Crippen molar-refractivity contribution in [1.82, 2.24) is 19.9 Å². The Balaban J connectivity index is 2.00. The third-order valence-corrected chi connectivity index (χ3v) is 4.85. The number of nitriles is 1. The van der Waals surface area contributed by atoms with Crippen molar-refractivity contribution in [2.24, 2.45) is 0 Å². The van der Waals surface area contributed by atoms with E-state index < -0.39 is 0 Å². The Hall–Kier alpha value is -4.11. The van der Waals surface area contributed by atoms with Crippen molar-refractivity contribution < 1.29 is 0 Å². The second-order valence-corrected chi connectivity index (χ2v) is 6.57. The van der Waals surface area contributed by atoms with Gasteiger partial charge in [-0.05, 0) is 41.0 Å². The van der Waals surface area contributed by atoms with Crippen LogP contribution in [0.25, 0.3) is 0 Å². The first kappa shape index (κ1) is 18.3. The molecule has 0 fully saturated rings. The van der Waals surface area contributed by atoms with E-state index in [1.807, 2.05) is 67.0 Å². The summed E-state index contributed by atoms with van der Waals surface area (Å²) in [6, 6.07) is 19.6. The van der Waals surface area contributed by atoms with Gasteiger partial charge < -0.3 is 5.73 Å². The van der Waals surface area contributed by atoms with Gasteiger partial charge in [0, 0.05) is 42.8 Å². The van der Waals surface area contributed by atoms with E-state index in [1.54, 1.807) is 18.6 Å². The highest BCUT2D eigenvalue weighted by Crippen LogP contribution is 2.42. The number of nitrogens with zero attached hydrogens (tertiary/aromatic N) is 5. The third-order valence-electron chi connectivity index (χ3n) is 4.85. The molecule has 0 radical (unpaired) electrons. The summed E-state index contributed by atoms with van der Waals surface area (Å²) in [7, 11) is 0. The summed E-state index contributed by atoms with van der Waals surface area (Å²) in [6.07, 6.45) is 8.80. The summed E-state index contributed by atoms with van der Waals surface area (Å²) in [6.45, 7) is 0. The van der Waals surface area contributed by atoms with Gasteiger partial charge in [0.2, 0.25) is 5.95 Å². The summed E-state index contributed by atoms with van der Waals surface area (Å²) in [5.41, 5.74) is 10.1. The quantitative estimate of drug-likeness (QED) is 0.568. The molecule has 140 valence electrons. The van der Waals surface area contributed by atoms with Crippen LogP contribution >= 0.6 is 0 Å². The molecule has 0 aliphatic carbocycles. The van der Waals surface area contributed by atoms with E-state index in [2.05, 4.69) is 26.0 Å². The minimum atomic E-state index is -0.274. The minimum Gasteiger partial charge on any atom is -0.368 e. The average molecular weight is 378 g/mol. The Morgan fingerprint density at radius 2 is 1.48 bits per heavy atom. The monoisotopic (exact) mass is 378 g/mol. The fourth-order valence-corrected chi connectivity index (χ4v) is 3.64. The molecule has 6 heteroatoms. The van der Waals surface area contributed by atoms with E-state index in [0.29, 0.717) is 5.56 Å². The molecule has 0 amide bonds. The van der Waals surface area contributed by atoms with Crippen LogP contribution in [-0.4, -0.2) is 19.9 Å². The fraction of sp³-hybridized carbons (Fsp3) is 0.0870. The van der Waals surface area contributed by atoms with Crippen LogP contribution in [0.5, 0.6) is 0 Å². The van der Waals surface area contributed by atoms with Gasteiger partial charge in [-0.15, -0.1) is 0 Å². The molecule has 0 aliphatic rings. The zero-order valence-corrected chi connectivity index (χ0v) is 15.6.